The van der Waals surface area contributed by atoms with Crippen molar-refractivity contribution in [1.82, 2.24) is 4.90 Å². The molecule has 9 heteroatoms. The maximum Gasteiger partial charge on any atom is 0.502 e. The Morgan fingerprint density at radius 3 is 2.55 bits per heavy atom. The number of nitrogens with zero attached hydrogens (tertiary/aromatic N) is 4. The Bertz CT molecular complexity index is 1080. The zero-order valence-corrected chi connectivity index (χ0v) is 17.7. The van der Waals surface area contributed by atoms with Crippen molar-refractivity contribution in [3.05, 3.63) is 53.6 Å². The van der Waals surface area contributed by atoms with E-state index in [1.807, 2.05) is 55.1 Å². The second-order valence-electron chi connectivity index (χ2n) is 7.51. The first-order valence-electron chi connectivity index (χ1n) is 9.99. The van der Waals surface area contributed by atoms with Crippen LogP contribution in [0, 0.1) is 13.8 Å². The van der Waals surface area contributed by atoms with Crippen molar-refractivity contribution < 1.29 is 23.8 Å². The Hall–Kier alpha value is -3.75. The van der Waals surface area contributed by atoms with E-state index in [-0.39, 0.29) is 6.54 Å². The van der Waals surface area contributed by atoms with Crippen LogP contribution >= 0.6 is 0 Å². The molecular weight excluding hydrogens is 398 g/mol. The van der Waals surface area contributed by atoms with Crippen molar-refractivity contribution in [2.75, 3.05) is 37.0 Å². The molecule has 1 N–H and O–H groups in total. The number of benzene rings is 2. The first-order valence-corrected chi connectivity index (χ1v) is 9.99. The molecule has 160 valence electrons. The summed E-state index contributed by atoms with van der Waals surface area (Å²) in [6, 6.07) is 13.0. The Kier molecular flexibility index (Phi) is 5.41. The van der Waals surface area contributed by atoms with Crippen LogP contribution in [0.2, 0.25) is 0 Å². The van der Waals surface area contributed by atoms with E-state index >= 15 is 0 Å². The summed E-state index contributed by atoms with van der Waals surface area (Å²) < 4.78 is 6.16. The van der Waals surface area contributed by atoms with E-state index in [4.69, 9.17) is 4.74 Å². The summed E-state index contributed by atoms with van der Waals surface area (Å²) in [4.78, 5) is 41.1. The third-order valence-corrected chi connectivity index (χ3v) is 5.64. The lowest BCUT2D eigenvalue weighted by atomic mass is 10.1. The molecule has 0 spiro atoms. The first-order chi connectivity index (χ1) is 14.9. The standard InChI is InChI=1S/C22H23N5O4/c1-14-5-4-6-18(15(14)2)23-19(28)13-27-21(30)20(29)26-12-11-25(22(26)24-27)16-7-9-17(31-3)10-8-16/h4-10,22H,11-13H2,1-3H3/p+1. The van der Waals surface area contributed by atoms with Gasteiger partial charge in [-0.05, 0) is 60.0 Å². The number of aryl methyl sites for hydroxylation is 1. The fourth-order valence-corrected chi connectivity index (χ4v) is 3.72. The summed E-state index contributed by atoms with van der Waals surface area (Å²) in [5.74, 6) is -1.16. The van der Waals surface area contributed by atoms with Crippen LogP contribution < -0.4 is 15.0 Å². The lowest BCUT2D eigenvalue weighted by Gasteiger charge is -2.27. The van der Waals surface area contributed by atoms with E-state index in [0.29, 0.717) is 18.8 Å². The summed E-state index contributed by atoms with van der Waals surface area (Å²) in [6.07, 6.45) is -0.674. The highest BCUT2D eigenvalue weighted by Crippen LogP contribution is 2.28. The summed E-state index contributed by atoms with van der Waals surface area (Å²) in [7, 11) is 1.59. The predicted octanol–water partition coefficient (Wildman–Crippen LogP) is 1.89. The van der Waals surface area contributed by atoms with Gasteiger partial charge in [-0.1, -0.05) is 12.1 Å². The van der Waals surface area contributed by atoms with Crippen molar-refractivity contribution in [1.29, 1.82) is 0 Å². The van der Waals surface area contributed by atoms with Gasteiger partial charge in [0.1, 0.15) is 5.75 Å². The molecule has 2 heterocycles. The largest absolute Gasteiger partial charge is 0.502 e. The Morgan fingerprint density at radius 1 is 1.13 bits per heavy atom. The Balaban J connectivity index is 1.55. The maximum atomic E-state index is 12.6. The van der Waals surface area contributed by atoms with Crippen LogP contribution in [0.1, 0.15) is 11.1 Å². The van der Waals surface area contributed by atoms with E-state index in [1.165, 1.54) is 4.90 Å². The molecule has 1 fully saturated rings. The average molecular weight is 422 g/mol. The Labute approximate surface area is 179 Å². The molecule has 2 aromatic rings. The van der Waals surface area contributed by atoms with Gasteiger partial charge in [-0.2, -0.15) is 0 Å². The highest BCUT2D eigenvalue weighted by Gasteiger charge is 2.49. The molecule has 2 aliphatic heterocycles. The molecular formula is C22H24N5O4+. The second-order valence-corrected chi connectivity index (χ2v) is 7.51. The van der Waals surface area contributed by atoms with E-state index in [0.717, 1.165) is 27.3 Å². The highest BCUT2D eigenvalue weighted by atomic mass is 16.5. The molecule has 0 bridgehead atoms. The average Bonchev–Trinajstić information content (AvgIpc) is 3.19. The number of amides is 3. The maximum absolute atomic E-state index is 12.6. The number of anilines is 2. The van der Waals surface area contributed by atoms with E-state index in [1.54, 1.807) is 13.2 Å². The number of nitrogens with one attached hydrogen (secondary N) is 1. The Morgan fingerprint density at radius 2 is 1.84 bits per heavy atom. The number of methoxy groups -OCH3 is 1. The fraction of sp³-hybridized carbons (Fsp3) is 0.318. The smallest absolute Gasteiger partial charge is 0.497 e. The van der Waals surface area contributed by atoms with Crippen LogP contribution in [0.25, 0.3) is 0 Å². The zero-order chi connectivity index (χ0) is 22.1. The number of ether oxygens (including phenoxy) is 1. The molecule has 2 aliphatic rings. The van der Waals surface area contributed by atoms with Crippen LogP contribution in [0.5, 0.6) is 5.75 Å². The summed E-state index contributed by atoms with van der Waals surface area (Å²) in [6.45, 7) is 4.44. The number of hydrogen-bond donors (Lipinski definition) is 1. The van der Waals surface area contributed by atoms with Crippen molar-refractivity contribution >= 4 is 29.1 Å². The minimum atomic E-state index is -0.802. The topological polar surface area (TPSA) is 94.3 Å². The van der Waals surface area contributed by atoms with Gasteiger partial charge in [0.15, 0.2) is 0 Å². The van der Waals surface area contributed by atoms with Crippen molar-refractivity contribution in [2.24, 2.45) is 5.11 Å². The molecule has 0 aliphatic carbocycles. The van der Waals surface area contributed by atoms with Gasteiger partial charge in [0.05, 0.1) is 7.11 Å². The first kappa shape index (κ1) is 20.5. The van der Waals surface area contributed by atoms with Crippen LogP contribution in [-0.2, 0) is 14.4 Å². The van der Waals surface area contributed by atoms with Gasteiger partial charge >= 0.3 is 11.8 Å². The SMILES string of the molecule is COc1ccc(N2CCN3C(=O)C(=O)[N+](CC(=O)Nc4cccc(C)c4C)=NC32)cc1. The van der Waals surface area contributed by atoms with Gasteiger partial charge in [0, 0.05) is 29.6 Å². The van der Waals surface area contributed by atoms with Gasteiger partial charge in [0.2, 0.25) is 0 Å². The molecule has 0 aromatic heterocycles. The molecule has 3 amide bonds. The van der Waals surface area contributed by atoms with E-state index in [9.17, 15) is 14.4 Å². The normalized spacial score (nSPS) is 18.0. The van der Waals surface area contributed by atoms with E-state index < -0.39 is 24.0 Å². The van der Waals surface area contributed by atoms with Crippen LogP contribution in [0.4, 0.5) is 11.4 Å². The molecule has 31 heavy (non-hydrogen) atoms. The molecule has 4 rings (SSSR count). The third kappa shape index (κ3) is 3.86. The fourth-order valence-electron chi connectivity index (χ4n) is 3.72. The van der Waals surface area contributed by atoms with Crippen molar-refractivity contribution in [3.8, 4) is 5.75 Å². The quantitative estimate of drug-likeness (QED) is 0.587. The number of rotatable bonds is 5. The minimum Gasteiger partial charge on any atom is -0.497 e. The summed E-state index contributed by atoms with van der Waals surface area (Å²) in [5, 5.41) is 7.22. The molecule has 1 unspecified atom stereocenters. The number of fused-ring (bicyclic) bond motifs is 1. The summed E-state index contributed by atoms with van der Waals surface area (Å²) in [5.41, 5.74) is 3.51. The van der Waals surface area contributed by atoms with Crippen LogP contribution in [0.3, 0.4) is 0 Å². The van der Waals surface area contributed by atoms with Crippen LogP contribution in [0.15, 0.2) is 47.6 Å². The number of carbonyl (C=O) groups excluding carboxylic acids is 3. The van der Waals surface area contributed by atoms with Gasteiger partial charge in [-0.3, -0.25) is 14.5 Å². The van der Waals surface area contributed by atoms with Gasteiger partial charge in [-0.25, -0.2) is 4.79 Å². The lowest BCUT2D eigenvalue weighted by Crippen LogP contribution is -2.52. The molecule has 0 radical (unpaired) electrons. The second kappa shape index (κ2) is 8.17. The monoisotopic (exact) mass is 422 g/mol. The summed E-state index contributed by atoms with van der Waals surface area (Å²) >= 11 is 0. The van der Waals surface area contributed by atoms with Crippen molar-refractivity contribution in [3.63, 3.8) is 0 Å². The van der Waals surface area contributed by atoms with Gasteiger partial charge in [0.25, 0.3) is 18.7 Å². The van der Waals surface area contributed by atoms with Gasteiger partial charge < -0.3 is 15.0 Å². The zero-order valence-electron chi connectivity index (χ0n) is 17.7. The molecule has 1 saturated heterocycles. The number of hydrogen-bond acceptors (Lipinski definition) is 6. The third-order valence-electron chi connectivity index (χ3n) is 5.64. The molecule has 2 aromatic carbocycles. The number of carbonyl (C=O) groups is 3. The number of azo groups is 2. The van der Waals surface area contributed by atoms with Crippen molar-refractivity contribution in [2.45, 2.75) is 20.1 Å². The minimum absolute atomic E-state index is 0.335. The van der Waals surface area contributed by atoms with Crippen LogP contribution in [-0.4, -0.2) is 60.4 Å². The molecule has 1 atom stereocenters. The molecule has 0 saturated carbocycles. The lowest BCUT2D eigenvalue weighted by molar-refractivity contribution is -0.509. The molecule has 9 nitrogen and oxygen atoms in total. The van der Waals surface area contributed by atoms with E-state index in [2.05, 4.69) is 10.4 Å². The van der Waals surface area contributed by atoms with Gasteiger partial charge in [-0.15, -0.1) is 0 Å². The highest BCUT2D eigenvalue weighted by molar-refractivity contribution is 6.32. The predicted molar refractivity (Wildman–Crippen MR) is 113 cm³/mol.